The number of rotatable bonds is 7. The van der Waals surface area contributed by atoms with Crippen LogP contribution in [0, 0.1) is 34.6 Å². The Morgan fingerprint density at radius 1 is 1.15 bits per heavy atom. The second-order valence-electron chi connectivity index (χ2n) is 6.78. The predicted octanol–water partition coefficient (Wildman–Crippen LogP) is 3.72. The van der Waals surface area contributed by atoms with E-state index in [1.807, 2.05) is 39.8 Å². The van der Waals surface area contributed by atoms with Crippen LogP contribution in [0.1, 0.15) is 40.6 Å². The number of nitrogens with one attached hydrogen (secondary N) is 1. The number of nitrogens with zero attached hydrogens (tertiary/aromatic N) is 2. The van der Waals surface area contributed by atoms with Crippen molar-refractivity contribution < 1.29 is 13.2 Å². The number of carbonyl (C=O) groups excluding carboxylic acids is 1. The maximum Gasteiger partial charge on any atom is 0.244 e. The summed E-state index contributed by atoms with van der Waals surface area (Å²) in [5.74, 6) is -0.386. The van der Waals surface area contributed by atoms with Gasteiger partial charge in [-0.2, -0.15) is 4.31 Å². The molecule has 0 radical (unpaired) electrons. The molecule has 1 N–H and O–H groups in total. The summed E-state index contributed by atoms with van der Waals surface area (Å²) in [6.45, 7) is 11.3. The Labute approximate surface area is 165 Å². The van der Waals surface area contributed by atoms with Gasteiger partial charge in [0.05, 0.1) is 17.1 Å². The first-order valence-electron chi connectivity index (χ1n) is 8.88. The van der Waals surface area contributed by atoms with Gasteiger partial charge >= 0.3 is 0 Å². The average Bonchev–Trinajstić information content (AvgIpc) is 2.83. The van der Waals surface area contributed by atoms with Gasteiger partial charge in [-0.3, -0.25) is 4.79 Å². The molecule has 6 nitrogen and oxygen atoms in total. The van der Waals surface area contributed by atoms with E-state index in [0.29, 0.717) is 22.7 Å². The van der Waals surface area contributed by atoms with E-state index in [4.69, 9.17) is 0 Å². The SMILES string of the molecule is CCCN(CC(=O)Nc1nc(C)c(C)s1)S(=O)(=O)c1c(C)cc(C)cc1C. The fourth-order valence-electron chi connectivity index (χ4n) is 3.08. The molecule has 8 heteroatoms. The van der Waals surface area contributed by atoms with Crippen molar-refractivity contribution >= 4 is 32.4 Å². The van der Waals surface area contributed by atoms with Crippen molar-refractivity contribution in [3.8, 4) is 0 Å². The van der Waals surface area contributed by atoms with Crippen LogP contribution in [0.2, 0.25) is 0 Å². The Morgan fingerprint density at radius 3 is 2.22 bits per heavy atom. The standard InChI is InChI=1S/C19H27N3O3S2/c1-7-8-22(11-17(23)21-19-20-15(5)16(6)26-19)27(24,25)18-13(3)9-12(2)10-14(18)4/h9-10H,7-8,11H2,1-6H3,(H,20,21,23). The quantitative estimate of drug-likeness (QED) is 0.756. The van der Waals surface area contributed by atoms with Crippen LogP contribution in [0.4, 0.5) is 5.13 Å². The number of aromatic nitrogens is 1. The summed E-state index contributed by atoms with van der Waals surface area (Å²) in [6.07, 6.45) is 0.617. The molecule has 0 bridgehead atoms. The fourth-order valence-corrected chi connectivity index (χ4v) is 5.81. The Morgan fingerprint density at radius 2 is 1.74 bits per heavy atom. The molecule has 1 amide bonds. The molecule has 0 atom stereocenters. The van der Waals surface area contributed by atoms with Gasteiger partial charge in [-0.15, -0.1) is 11.3 Å². The van der Waals surface area contributed by atoms with E-state index < -0.39 is 10.0 Å². The molecule has 0 unspecified atom stereocenters. The molecule has 0 saturated heterocycles. The van der Waals surface area contributed by atoms with Crippen molar-refractivity contribution in [3.63, 3.8) is 0 Å². The van der Waals surface area contributed by atoms with Crippen LogP contribution in [0.25, 0.3) is 0 Å². The van der Waals surface area contributed by atoms with E-state index >= 15 is 0 Å². The van der Waals surface area contributed by atoms with Gasteiger partial charge in [0, 0.05) is 11.4 Å². The summed E-state index contributed by atoms with van der Waals surface area (Å²) in [4.78, 5) is 18.1. The molecular weight excluding hydrogens is 382 g/mol. The molecule has 2 aromatic rings. The fraction of sp³-hybridized carbons (Fsp3) is 0.474. The molecule has 0 spiro atoms. The number of thiazole rings is 1. The number of benzene rings is 1. The third-order valence-electron chi connectivity index (χ3n) is 4.27. The summed E-state index contributed by atoms with van der Waals surface area (Å²) < 4.78 is 27.8. The molecule has 1 heterocycles. The van der Waals surface area contributed by atoms with Gasteiger partial charge in [-0.1, -0.05) is 24.6 Å². The summed E-state index contributed by atoms with van der Waals surface area (Å²) in [5, 5.41) is 3.21. The molecule has 0 fully saturated rings. The molecular formula is C19H27N3O3S2. The average molecular weight is 410 g/mol. The van der Waals surface area contributed by atoms with Crippen LogP contribution in [0.5, 0.6) is 0 Å². The number of hydrogen-bond acceptors (Lipinski definition) is 5. The monoisotopic (exact) mass is 409 g/mol. The lowest BCUT2D eigenvalue weighted by Crippen LogP contribution is -2.39. The van der Waals surface area contributed by atoms with Gasteiger partial charge in [0.25, 0.3) is 0 Å². The number of hydrogen-bond donors (Lipinski definition) is 1. The lowest BCUT2D eigenvalue weighted by atomic mass is 10.1. The number of anilines is 1. The first-order valence-corrected chi connectivity index (χ1v) is 11.1. The summed E-state index contributed by atoms with van der Waals surface area (Å²) in [7, 11) is -3.78. The molecule has 0 aliphatic carbocycles. The minimum atomic E-state index is -3.78. The van der Waals surface area contributed by atoms with Crippen molar-refractivity contribution in [2.24, 2.45) is 0 Å². The van der Waals surface area contributed by atoms with E-state index in [-0.39, 0.29) is 23.9 Å². The summed E-state index contributed by atoms with van der Waals surface area (Å²) in [6, 6.07) is 3.70. The molecule has 0 saturated carbocycles. The van der Waals surface area contributed by atoms with Gasteiger partial charge < -0.3 is 5.32 Å². The number of aryl methyl sites for hydroxylation is 5. The van der Waals surface area contributed by atoms with Gasteiger partial charge in [0.2, 0.25) is 15.9 Å². The highest BCUT2D eigenvalue weighted by Gasteiger charge is 2.29. The summed E-state index contributed by atoms with van der Waals surface area (Å²) in [5.41, 5.74) is 3.26. The predicted molar refractivity (Wildman–Crippen MR) is 110 cm³/mol. The second-order valence-corrected chi connectivity index (χ2v) is 9.85. The highest BCUT2D eigenvalue weighted by atomic mass is 32.2. The van der Waals surface area contributed by atoms with Gasteiger partial charge in [-0.05, 0) is 52.2 Å². The molecule has 148 valence electrons. The Bertz CT molecular complexity index is 907. The van der Waals surface area contributed by atoms with Crippen LogP contribution in [-0.2, 0) is 14.8 Å². The van der Waals surface area contributed by atoms with E-state index in [1.165, 1.54) is 15.6 Å². The molecule has 27 heavy (non-hydrogen) atoms. The number of sulfonamides is 1. The minimum absolute atomic E-state index is 0.236. The number of carbonyl (C=O) groups is 1. The molecule has 0 aliphatic rings. The van der Waals surface area contributed by atoms with Gasteiger partial charge in [0.15, 0.2) is 5.13 Å². The Kier molecular flexibility index (Phi) is 6.77. The van der Waals surface area contributed by atoms with Crippen molar-refractivity contribution in [1.82, 2.24) is 9.29 Å². The van der Waals surface area contributed by atoms with Crippen molar-refractivity contribution in [2.75, 3.05) is 18.4 Å². The maximum absolute atomic E-state index is 13.3. The highest BCUT2D eigenvalue weighted by molar-refractivity contribution is 7.89. The van der Waals surface area contributed by atoms with E-state index in [9.17, 15) is 13.2 Å². The van der Waals surface area contributed by atoms with Crippen LogP contribution in [-0.4, -0.2) is 36.7 Å². The smallest absolute Gasteiger partial charge is 0.244 e. The van der Waals surface area contributed by atoms with Crippen LogP contribution in [0.3, 0.4) is 0 Å². The molecule has 0 aliphatic heterocycles. The van der Waals surface area contributed by atoms with Crippen LogP contribution < -0.4 is 5.32 Å². The molecule has 1 aromatic heterocycles. The first-order chi connectivity index (χ1) is 12.6. The third kappa shape index (κ3) is 4.94. The zero-order valence-corrected chi connectivity index (χ0v) is 18.3. The van der Waals surface area contributed by atoms with Crippen molar-refractivity contribution in [2.45, 2.75) is 52.9 Å². The Balaban J connectivity index is 2.29. The minimum Gasteiger partial charge on any atom is -0.301 e. The Hall–Kier alpha value is -1.77. The first kappa shape index (κ1) is 21.5. The topological polar surface area (TPSA) is 79.4 Å². The van der Waals surface area contributed by atoms with E-state index in [1.54, 1.807) is 13.8 Å². The zero-order chi connectivity index (χ0) is 20.4. The van der Waals surface area contributed by atoms with Crippen LogP contribution >= 0.6 is 11.3 Å². The lowest BCUT2D eigenvalue weighted by molar-refractivity contribution is -0.116. The van der Waals surface area contributed by atoms with E-state index in [2.05, 4.69) is 10.3 Å². The maximum atomic E-state index is 13.3. The second kappa shape index (κ2) is 8.50. The van der Waals surface area contributed by atoms with Gasteiger partial charge in [-0.25, -0.2) is 13.4 Å². The van der Waals surface area contributed by atoms with E-state index in [0.717, 1.165) is 16.1 Å². The largest absolute Gasteiger partial charge is 0.301 e. The molecule has 1 aromatic carbocycles. The third-order valence-corrected chi connectivity index (χ3v) is 7.41. The lowest BCUT2D eigenvalue weighted by Gasteiger charge is -2.23. The number of amides is 1. The van der Waals surface area contributed by atoms with Gasteiger partial charge in [0.1, 0.15) is 0 Å². The summed E-state index contributed by atoms with van der Waals surface area (Å²) >= 11 is 1.38. The highest BCUT2D eigenvalue weighted by Crippen LogP contribution is 2.26. The van der Waals surface area contributed by atoms with Crippen LogP contribution in [0.15, 0.2) is 17.0 Å². The van der Waals surface area contributed by atoms with Crippen molar-refractivity contribution in [1.29, 1.82) is 0 Å². The molecule has 2 rings (SSSR count). The normalized spacial score (nSPS) is 11.8. The zero-order valence-electron chi connectivity index (χ0n) is 16.7. The van der Waals surface area contributed by atoms with Crippen molar-refractivity contribution in [3.05, 3.63) is 39.4 Å².